The van der Waals surface area contributed by atoms with Crippen molar-refractivity contribution >= 4 is 5.78 Å². The number of Topliss-reactive ketones (excluding diaryl/α,β-unsaturated/α-hetero) is 1. The molecule has 1 aliphatic heterocycles. The first-order chi connectivity index (χ1) is 8.11. The van der Waals surface area contributed by atoms with Crippen LogP contribution in [0.1, 0.15) is 35.7 Å². The van der Waals surface area contributed by atoms with Crippen molar-refractivity contribution in [3.63, 3.8) is 0 Å². The van der Waals surface area contributed by atoms with Gasteiger partial charge in [-0.15, -0.1) is 0 Å². The highest BCUT2D eigenvalue weighted by Crippen LogP contribution is 2.25. The number of hydrogen-bond donors (Lipinski definition) is 0. The number of methoxy groups -OCH3 is 1. The van der Waals surface area contributed by atoms with Crippen LogP contribution in [0.4, 0.5) is 0 Å². The number of ketones is 1. The summed E-state index contributed by atoms with van der Waals surface area (Å²) >= 11 is 0. The molecule has 1 fully saturated rings. The van der Waals surface area contributed by atoms with Gasteiger partial charge in [0.25, 0.3) is 0 Å². The lowest BCUT2D eigenvalue weighted by Crippen LogP contribution is -2.20. The number of rotatable bonds is 3. The quantitative estimate of drug-likeness (QED) is 0.754. The summed E-state index contributed by atoms with van der Waals surface area (Å²) in [6.45, 7) is 3.94. The second-order valence-electron chi connectivity index (χ2n) is 4.56. The van der Waals surface area contributed by atoms with Crippen LogP contribution in [0.25, 0.3) is 0 Å². The Morgan fingerprint density at radius 3 is 2.71 bits per heavy atom. The Balaban J connectivity index is 2.17. The van der Waals surface area contributed by atoms with E-state index in [1.165, 1.54) is 0 Å². The van der Waals surface area contributed by atoms with E-state index in [1.807, 2.05) is 26.0 Å². The Hall–Kier alpha value is -1.35. The molecule has 17 heavy (non-hydrogen) atoms. The van der Waals surface area contributed by atoms with E-state index in [2.05, 4.69) is 0 Å². The molecule has 3 heteroatoms. The Bertz CT molecular complexity index is 425. The first kappa shape index (κ1) is 12.1. The predicted octanol–water partition coefficient (Wildman–Crippen LogP) is 2.75. The second kappa shape index (κ2) is 4.88. The number of carbonyl (C=O) groups is 1. The average molecular weight is 234 g/mol. The van der Waals surface area contributed by atoms with Gasteiger partial charge in [-0.3, -0.25) is 4.79 Å². The van der Waals surface area contributed by atoms with Crippen molar-refractivity contribution < 1.29 is 14.3 Å². The van der Waals surface area contributed by atoms with Crippen LogP contribution < -0.4 is 4.74 Å². The van der Waals surface area contributed by atoms with Crippen LogP contribution in [0.3, 0.4) is 0 Å². The molecule has 2 unspecified atom stereocenters. The maximum absolute atomic E-state index is 12.2. The minimum Gasteiger partial charge on any atom is -0.496 e. The van der Waals surface area contributed by atoms with E-state index in [1.54, 1.807) is 13.2 Å². The molecule has 92 valence electrons. The largest absolute Gasteiger partial charge is 0.496 e. The molecule has 0 N–H and O–H groups in total. The first-order valence-corrected chi connectivity index (χ1v) is 5.96. The van der Waals surface area contributed by atoms with Gasteiger partial charge < -0.3 is 9.47 Å². The van der Waals surface area contributed by atoms with Crippen LogP contribution in [-0.4, -0.2) is 25.1 Å². The minimum absolute atomic E-state index is 0.0834. The minimum atomic E-state index is -0.266. The summed E-state index contributed by atoms with van der Waals surface area (Å²) in [5, 5.41) is 0. The lowest BCUT2D eigenvalue weighted by molar-refractivity contribution is 0.0433. The molecule has 3 nitrogen and oxygen atoms in total. The zero-order valence-electron chi connectivity index (χ0n) is 10.5. The van der Waals surface area contributed by atoms with Crippen molar-refractivity contribution in [2.24, 2.45) is 0 Å². The van der Waals surface area contributed by atoms with Gasteiger partial charge in [0, 0.05) is 5.56 Å². The molecule has 0 amide bonds. The number of carbonyl (C=O) groups excluding carboxylic acids is 1. The lowest BCUT2D eigenvalue weighted by atomic mass is 10.0. The van der Waals surface area contributed by atoms with Crippen LogP contribution in [0.5, 0.6) is 5.75 Å². The summed E-state index contributed by atoms with van der Waals surface area (Å²) in [4.78, 5) is 12.2. The van der Waals surface area contributed by atoms with E-state index in [0.717, 1.165) is 24.2 Å². The summed E-state index contributed by atoms with van der Waals surface area (Å²) in [6, 6.07) is 5.51. The summed E-state index contributed by atoms with van der Waals surface area (Å²) in [7, 11) is 1.63. The Morgan fingerprint density at radius 1 is 1.41 bits per heavy atom. The van der Waals surface area contributed by atoms with Crippen LogP contribution >= 0.6 is 0 Å². The molecule has 0 aliphatic carbocycles. The van der Waals surface area contributed by atoms with Crippen molar-refractivity contribution in [3.8, 4) is 5.75 Å². The lowest BCUT2D eigenvalue weighted by Gasteiger charge is -2.11. The molecule has 1 aromatic rings. The third-order valence-corrected chi connectivity index (χ3v) is 3.20. The van der Waals surface area contributed by atoms with E-state index in [4.69, 9.17) is 9.47 Å². The van der Waals surface area contributed by atoms with Crippen molar-refractivity contribution in [2.75, 3.05) is 7.11 Å². The standard InChI is InChI=1S/C14H18O3/c1-9-8-11(5-7-12(9)16-3)14(15)13-6-4-10(2)17-13/h5,7-8,10,13H,4,6H2,1-3H3. The van der Waals surface area contributed by atoms with E-state index < -0.39 is 0 Å². The van der Waals surface area contributed by atoms with E-state index in [9.17, 15) is 4.79 Å². The molecule has 0 bridgehead atoms. The molecule has 1 aromatic carbocycles. The van der Waals surface area contributed by atoms with Gasteiger partial charge in [-0.25, -0.2) is 0 Å². The number of ether oxygens (including phenoxy) is 2. The molecule has 0 radical (unpaired) electrons. The number of benzene rings is 1. The molecule has 0 spiro atoms. The monoisotopic (exact) mass is 234 g/mol. The van der Waals surface area contributed by atoms with Crippen molar-refractivity contribution in [1.29, 1.82) is 0 Å². The summed E-state index contributed by atoms with van der Waals surface area (Å²) in [5.74, 6) is 0.891. The Morgan fingerprint density at radius 2 is 2.18 bits per heavy atom. The smallest absolute Gasteiger partial charge is 0.191 e. The van der Waals surface area contributed by atoms with Crippen molar-refractivity contribution in [3.05, 3.63) is 29.3 Å². The normalized spacial score (nSPS) is 23.7. The average Bonchev–Trinajstić information content (AvgIpc) is 2.75. The van der Waals surface area contributed by atoms with Crippen LogP contribution in [0.2, 0.25) is 0 Å². The second-order valence-corrected chi connectivity index (χ2v) is 4.56. The van der Waals surface area contributed by atoms with Gasteiger partial charge in [-0.05, 0) is 50.5 Å². The van der Waals surface area contributed by atoms with Gasteiger partial charge in [0.1, 0.15) is 11.9 Å². The third kappa shape index (κ3) is 2.50. The third-order valence-electron chi connectivity index (χ3n) is 3.20. The van der Waals surface area contributed by atoms with E-state index in [-0.39, 0.29) is 18.0 Å². The molecule has 1 saturated heterocycles. The zero-order chi connectivity index (χ0) is 12.4. The van der Waals surface area contributed by atoms with Gasteiger partial charge in [0.2, 0.25) is 0 Å². The molecule has 2 atom stereocenters. The highest BCUT2D eigenvalue weighted by Gasteiger charge is 2.28. The first-order valence-electron chi connectivity index (χ1n) is 5.96. The molecule has 1 heterocycles. The maximum atomic E-state index is 12.2. The fraction of sp³-hybridized carbons (Fsp3) is 0.500. The fourth-order valence-corrected chi connectivity index (χ4v) is 2.21. The molecule has 1 aliphatic rings. The highest BCUT2D eigenvalue weighted by atomic mass is 16.5. The van der Waals surface area contributed by atoms with Gasteiger partial charge >= 0.3 is 0 Å². The van der Waals surface area contributed by atoms with Crippen molar-refractivity contribution in [2.45, 2.75) is 38.9 Å². The van der Waals surface area contributed by atoms with Gasteiger partial charge in [0.15, 0.2) is 5.78 Å². The SMILES string of the molecule is COc1ccc(C(=O)C2CCC(C)O2)cc1C. The zero-order valence-corrected chi connectivity index (χ0v) is 10.5. The Kier molecular flexibility index (Phi) is 3.48. The maximum Gasteiger partial charge on any atom is 0.191 e. The van der Waals surface area contributed by atoms with Crippen LogP contribution in [0, 0.1) is 6.92 Å². The van der Waals surface area contributed by atoms with E-state index in [0.29, 0.717) is 5.56 Å². The van der Waals surface area contributed by atoms with Gasteiger partial charge in [0.05, 0.1) is 13.2 Å². The topological polar surface area (TPSA) is 35.5 Å². The summed E-state index contributed by atoms with van der Waals surface area (Å²) < 4.78 is 10.8. The molecular formula is C14H18O3. The molecular weight excluding hydrogens is 216 g/mol. The number of aryl methyl sites for hydroxylation is 1. The molecule has 2 rings (SSSR count). The predicted molar refractivity (Wildman–Crippen MR) is 65.6 cm³/mol. The van der Waals surface area contributed by atoms with Crippen molar-refractivity contribution in [1.82, 2.24) is 0 Å². The van der Waals surface area contributed by atoms with Gasteiger partial charge in [-0.2, -0.15) is 0 Å². The molecule has 0 saturated carbocycles. The number of hydrogen-bond acceptors (Lipinski definition) is 3. The summed E-state index contributed by atoms with van der Waals surface area (Å²) in [5.41, 5.74) is 1.69. The summed E-state index contributed by atoms with van der Waals surface area (Å²) in [6.07, 6.45) is 1.72. The van der Waals surface area contributed by atoms with Gasteiger partial charge in [-0.1, -0.05) is 0 Å². The Labute approximate surface area is 102 Å². The van der Waals surface area contributed by atoms with Crippen LogP contribution in [0.15, 0.2) is 18.2 Å². The van der Waals surface area contributed by atoms with E-state index >= 15 is 0 Å². The highest BCUT2D eigenvalue weighted by molar-refractivity contribution is 5.99. The molecule has 0 aromatic heterocycles. The fourth-order valence-electron chi connectivity index (χ4n) is 2.21. The van der Waals surface area contributed by atoms with Crippen LogP contribution in [-0.2, 0) is 4.74 Å².